The molecular weight excluding hydrogens is 274 g/mol. The molecule has 5 heteroatoms. The van der Waals surface area contributed by atoms with Crippen LogP contribution in [0.3, 0.4) is 0 Å². The molecule has 0 bridgehead atoms. The van der Waals surface area contributed by atoms with Gasteiger partial charge in [-0.25, -0.2) is 8.42 Å². The molecule has 0 aliphatic rings. The SMILES string of the molecule is Cc1ccc(S(=O)(=O)CCOc2ccccc2)c(N)c1. The highest BCUT2D eigenvalue weighted by Crippen LogP contribution is 2.21. The fraction of sp³-hybridized carbons (Fsp3) is 0.200. The quantitative estimate of drug-likeness (QED) is 0.859. The number of nitrogens with two attached hydrogens (primary N) is 1. The number of benzene rings is 2. The van der Waals surface area contributed by atoms with Gasteiger partial charge in [0.1, 0.15) is 12.4 Å². The average molecular weight is 291 g/mol. The van der Waals surface area contributed by atoms with Crippen LogP contribution in [0.5, 0.6) is 5.75 Å². The molecule has 2 aromatic rings. The summed E-state index contributed by atoms with van der Waals surface area (Å²) in [5.74, 6) is 0.550. The number of anilines is 1. The first kappa shape index (κ1) is 14.4. The molecule has 0 amide bonds. The molecule has 0 aromatic heterocycles. The van der Waals surface area contributed by atoms with E-state index in [-0.39, 0.29) is 22.9 Å². The molecular formula is C15H17NO3S. The Labute approximate surface area is 119 Å². The Morgan fingerprint density at radius 3 is 2.45 bits per heavy atom. The van der Waals surface area contributed by atoms with Crippen LogP contribution in [-0.4, -0.2) is 20.8 Å². The summed E-state index contributed by atoms with van der Waals surface area (Å²) < 4.78 is 29.8. The number of aryl methyl sites for hydroxylation is 1. The summed E-state index contributed by atoms with van der Waals surface area (Å²) >= 11 is 0. The summed E-state index contributed by atoms with van der Waals surface area (Å²) in [7, 11) is -3.43. The molecule has 0 fully saturated rings. The summed E-state index contributed by atoms with van der Waals surface area (Å²) in [4.78, 5) is 0.166. The van der Waals surface area contributed by atoms with Crippen molar-refractivity contribution < 1.29 is 13.2 Å². The van der Waals surface area contributed by atoms with Crippen molar-refractivity contribution in [1.29, 1.82) is 0 Å². The molecule has 0 saturated carbocycles. The van der Waals surface area contributed by atoms with Gasteiger partial charge in [0.2, 0.25) is 0 Å². The minimum absolute atomic E-state index is 0.0969. The molecule has 2 N–H and O–H groups in total. The van der Waals surface area contributed by atoms with Gasteiger partial charge in [0.05, 0.1) is 16.3 Å². The molecule has 0 atom stereocenters. The Kier molecular flexibility index (Phi) is 4.29. The van der Waals surface area contributed by atoms with Crippen LogP contribution in [-0.2, 0) is 9.84 Å². The number of sulfone groups is 1. The van der Waals surface area contributed by atoms with Gasteiger partial charge in [-0.05, 0) is 36.8 Å². The summed E-state index contributed by atoms with van der Waals surface area (Å²) in [6, 6.07) is 14.1. The Bertz CT molecular complexity index is 682. The number of rotatable bonds is 5. The van der Waals surface area contributed by atoms with E-state index in [1.165, 1.54) is 0 Å². The van der Waals surface area contributed by atoms with Crippen LogP contribution in [0.1, 0.15) is 5.56 Å². The van der Waals surface area contributed by atoms with Gasteiger partial charge in [0, 0.05) is 0 Å². The highest BCUT2D eigenvalue weighted by molar-refractivity contribution is 7.91. The summed E-state index contributed by atoms with van der Waals surface area (Å²) in [5, 5.41) is 0. The second kappa shape index (κ2) is 5.96. The van der Waals surface area contributed by atoms with Crippen molar-refractivity contribution in [2.75, 3.05) is 18.1 Å². The predicted molar refractivity (Wildman–Crippen MR) is 79.6 cm³/mol. The monoisotopic (exact) mass is 291 g/mol. The van der Waals surface area contributed by atoms with Crippen LogP contribution >= 0.6 is 0 Å². The van der Waals surface area contributed by atoms with Crippen LogP contribution in [0, 0.1) is 6.92 Å². The molecule has 2 rings (SSSR count). The molecule has 20 heavy (non-hydrogen) atoms. The zero-order chi connectivity index (χ0) is 14.6. The maximum atomic E-state index is 12.2. The number of ether oxygens (including phenoxy) is 1. The Balaban J connectivity index is 2.04. The third-order valence-electron chi connectivity index (χ3n) is 2.86. The Morgan fingerprint density at radius 1 is 1.10 bits per heavy atom. The molecule has 106 valence electrons. The van der Waals surface area contributed by atoms with E-state index in [1.54, 1.807) is 30.3 Å². The molecule has 0 spiro atoms. The molecule has 0 aliphatic carbocycles. The molecule has 0 radical (unpaired) electrons. The largest absolute Gasteiger partial charge is 0.493 e. The first-order valence-corrected chi connectivity index (χ1v) is 7.91. The normalized spacial score (nSPS) is 11.2. The van der Waals surface area contributed by atoms with E-state index in [1.807, 2.05) is 25.1 Å². The third-order valence-corrected chi connectivity index (χ3v) is 4.61. The van der Waals surface area contributed by atoms with Crippen molar-refractivity contribution in [3.05, 3.63) is 54.1 Å². The van der Waals surface area contributed by atoms with Crippen molar-refractivity contribution >= 4 is 15.5 Å². The van der Waals surface area contributed by atoms with Crippen molar-refractivity contribution in [3.63, 3.8) is 0 Å². The highest BCUT2D eigenvalue weighted by atomic mass is 32.2. The lowest BCUT2D eigenvalue weighted by atomic mass is 10.2. The first-order chi connectivity index (χ1) is 9.49. The standard InChI is InChI=1S/C15H17NO3S/c1-12-7-8-15(14(16)11-12)20(17,18)10-9-19-13-5-3-2-4-6-13/h2-8,11H,9-10,16H2,1H3. The van der Waals surface area contributed by atoms with Gasteiger partial charge in [-0.3, -0.25) is 0 Å². The maximum absolute atomic E-state index is 12.2. The smallest absolute Gasteiger partial charge is 0.183 e. The lowest BCUT2D eigenvalue weighted by Crippen LogP contribution is -2.15. The van der Waals surface area contributed by atoms with Crippen molar-refractivity contribution in [2.45, 2.75) is 11.8 Å². The molecule has 2 aromatic carbocycles. The third kappa shape index (κ3) is 3.51. The van der Waals surface area contributed by atoms with E-state index in [0.29, 0.717) is 5.75 Å². The second-order valence-corrected chi connectivity index (χ2v) is 6.60. The van der Waals surface area contributed by atoms with Crippen LogP contribution in [0.4, 0.5) is 5.69 Å². The minimum Gasteiger partial charge on any atom is -0.493 e. The van der Waals surface area contributed by atoms with Crippen LogP contribution in [0.15, 0.2) is 53.4 Å². The van der Waals surface area contributed by atoms with Gasteiger partial charge < -0.3 is 10.5 Å². The summed E-state index contributed by atoms with van der Waals surface area (Å²) in [6.45, 7) is 1.96. The fourth-order valence-electron chi connectivity index (χ4n) is 1.85. The minimum atomic E-state index is -3.43. The van der Waals surface area contributed by atoms with Gasteiger partial charge in [0.15, 0.2) is 9.84 Å². The van der Waals surface area contributed by atoms with Crippen molar-refractivity contribution in [2.24, 2.45) is 0 Å². The molecule has 0 aliphatic heterocycles. The highest BCUT2D eigenvalue weighted by Gasteiger charge is 2.17. The zero-order valence-electron chi connectivity index (χ0n) is 11.2. The van der Waals surface area contributed by atoms with Crippen LogP contribution in [0.25, 0.3) is 0 Å². The van der Waals surface area contributed by atoms with E-state index in [9.17, 15) is 8.42 Å². The summed E-state index contributed by atoms with van der Waals surface area (Å²) in [6.07, 6.45) is 0. The molecule has 0 unspecified atom stereocenters. The van der Waals surface area contributed by atoms with E-state index in [2.05, 4.69) is 0 Å². The average Bonchev–Trinajstić information content (AvgIpc) is 2.39. The van der Waals surface area contributed by atoms with Crippen molar-refractivity contribution in [3.8, 4) is 5.75 Å². The topological polar surface area (TPSA) is 69.4 Å². The molecule has 0 saturated heterocycles. The van der Waals surface area contributed by atoms with Gasteiger partial charge in [-0.2, -0.15) is 0 Å². The van der Waals surface area contributed by atoms with Gasteiger partial charge in [-0.1, -0.05) is 24.3 Å². The lowest BCUT2D eigenvalue weighted by molar-refractivity contribution is 0.341. The summed E-state index contributed by atoms with van der Waals surface area (Å²) in [5.41, 5.74) is 6.98. The predicted octanol–water partition coefficient (Wildman–Crippen LogP) is 2.43. The first-order valence-electron chi connectivity index (χ1n) is 6.26. The molecule has 4 nitrogen and oxygen atoms in total. The number of hydrogen-bond acceptors (Lipinski definition) is 4. The van der Waals surface area contributed by atoms with Crippen LogP contribution in [0.2, 0.25) is 0 Å². The van der Waals surface area contributed by atoms with Gasteiger partial charge >= 0.3 is 0 Å². The van der Waals surface area contributed by atoms with Crippen molar-refractivity contribution in [1.82, 2.24) is 0 Å². The van der Waals surface area contributed by atoms with E-state index >= 15 is 0 Å². The molecule has 0 heterocycles. The van der Waals surface area contributed by atoms with E-state index in [0.717, 1.165) is 5.56 Å². The fourth-order valence-corrected chi connectivity index (χ4v) is 3.06. The zero-order valence-corrected chi connectivity index (χ0v) is 12.1. The Hall–Kier alpha value is -2.01. The van der Waals surface area contributed by atoms with Gasteiger partial charge in [-0.15, -0.1) is 0 Å². The van der Waals surface area contributed by atoms with E-state index < -0.39 is 9.84 Å². The second-order valence-electron chi connectivity index (χ2n) is 4.52. The van der Waals surface area contributed by atoms with E-state index in [4.69, 9.17) is 10.5 Å². The number of nitrogen functional groups attached to an aromatic ring is 1. The maximum Gasteiger partial charge on any atom is 0.183 e. The number of hydrogen-bond donors (Lipinski definition) is 1. The lowest BCUT2D eigenvalue weighted by Gasteiger charge is -2.09. The number of para-hydroxylation sites is 1. The Morgan fingerprint density at radius 2 is 1.80 bits per heavy atom. The van der Waals surface area contributed by atoms with Gasteiger partial charge in [0.25, 0.3) is 0 Å². The van der Waals surface area contributed by atoms with Crippen LogP contribution < -0.4 is 10.5 Å².